The van der Waals surface area contributed by atoms with Crippen LogP contribution in [0.15, 0.2) is 0 Å². The van der Waals surface area contributed by atoms with Crippen LogP contribution in [-0.4, -0.2) is 58.2 Å². The van der Waals surface area contributed by atoms with Gasteiger partial charge < -0.3 is 15.3 Å². The Kier molecular flexibility index (Phi) is 4.81. The number of nitrogens with one attached hydrogen (secondary N) is 1. The summed E-state index contributed by atoms with van der Waals surface area (Å²) in [5.41, 5.74) is -1.12. The Morgan fingerprint density at radius 2 is 2.19 bits per heavy atom. The Hall–Kier alpha value is -0.260. The van der Waals surface area contributed by atoms with Gasteiger partial charge in [0, 0.05) is 24.4 Å². The van der Waals surface area contributed by atoms with Gasteiger partial charge in [-0.3, -0.25) is 4.79 Å². The Labute approximate surface area is 132 Å². The number of likely N-dealkylation sites (tertiary alicyclic amines) is 1. The van der Waals surface area contributed by atoms with Crippen LogP contribution in [0.4, 0.5) is 0 Å². The zero-order valence-corrected chi connectivity index (χ0v) is 13.8. The van der Waals surface area contributed by atoms with Gasteiger partial charge in [0.2, 0.25) is 0 Å². The molecule has 0 radical (unpaired) electrons. The van der Waals surface area contributed by atoms with Gasteiger partial charge in [0.25, 0.3) is 5.91 Å². The molecule has 2 saturated heterocycles. The third kappa shape index (κ3) is 3.40. The summed E-state index contributed by atoms with van der Waals surface area (Å²) >= 11 is 1.67. The molecule has 21 heavy (non-hydrogen) atoms. The van der Waals surface area contributed by atoms with Crippen molar-refractivity contribution in [1.82, 2.24) is 10.2 Å². The Morgan fingerprint density at radius 1 is 1.38 bits per heavy atom. The van der Waals surface area contributed by atoms with Crippen molar-refractivity contribution in [3.8, 4) is 0 Å². The lowest BCUT2D eigenvalue weighted by atomic mass is 9.85. The molecular weight excluding hydrogens is 284 g/mol. The van der Waals surface area contributed by atoms with Gasteiger partial charge in [0.05, 0.1) is 0 Å². The van der Waals surface area contributed by atoms with Crippen LogP contribution in [-0.2, 0) is 4.79 Å². The van der Waals surface area contributed by atoms with Crippen LogP contribution in [0.5, 0.6) is 0 Å². The number of rotatable bonds is 4. The summed E-state index contributed by atoms with van der Waals surface area (Å²) in [6.45, 7) is 4.44. The fourth-order valence-corrected chi connectivity index (χ4v) is 4.96. The highest BCUT2D eigenvalue weighted by Gasteiger charge is 2.41. The summed E-state index contributed by atoms with van der Waals surface area (Å²) in [6, 6.07) is 0.959. The molecule has 2 heterocycles. The summed E-state index contributed by atoms with van der Waals surface area (Å²) in [7, 11) is 0. The molecular formula is C16H28N2O2S. The van der Waals surface area contributed by atoms with Crippen molar-refractivity contribution in [1.29, 1.82) is 0 Å². The van der Waals surface area contributed by atoms with E-state index >= 15 is 0 Å². The Balaban J connectivity index is 1.52. The molecule has 5 heteroatoms. The van der Waals surface area contributed by atoms with E-state index in [2.05, 4.69) is 17.1 Å². The second-order valence-corrected chi connectivity index (χ2v) is 8.18. The number of amides is 1. The molecule has 3 unspecified atom stereocenters. The molecule has 3 aliphatic rings. The fourth-order valence-electron chi connectivity index (χ4n) is 3.72. The molecule has 1 aliphatic carbocycles. The highest BCUT2D eigenvalue weighted by Crippen LogP contribution is 2.31. The first-order valence-electron chi connectivity index (χ1n) is 8.44. The molecule has 1 amide bonds. The monoisotopic (exact) mass is 312 g/mol. The van der Waals surface area contributed by atoms with Gasteiger partial charge in [-0.1, -0.05) is 6.42 Å². The number of hydrogen-bond donors (Lipinski definition) is 2. The maximum absolute atomic E-state index is 12.3. The van der Waals surface area contributed by atoms with E-state index in [1.54, 1.807) is 11.8 Å². The molecule has 3 atom stereocenters. The SMILES string of the molecule is CC(NC(=O)C1(O)CCSC1)C1CCCN(C2CCC2)C1. The summed E-state index contributed by atoms with van der Waals surface area (Å²) in [6.07, 6.45) is 7.10. The Morgan fingerprint density at radius 3 is 2.81 bits per heavy atom. The first-order valence-corrected chi connectivity index (χ1v) is 9.59. The number of carbonyl (C=O) groups is 1. The van der Waals surface area contributed by atoms with Gasteiger partial charge >= 0.3 is 0 Å². The second-order valence-electron chi connectivity index (χ2n) is 7.08. The number of thioether (sulfide) groups is 1. The molecule has 120 valence electrons. The molecule has 3 fully saturated rings. The van der Waals surface area contributed by atoms with Gasteiger partial charge in [-0.2, -0.15) is 11.8 Å². The molecule has 0 aromatic rings. The third-order valence-electron chi connectivity index (χ3n) is 5.57. The third-order valence-corrected chi connectivity index (χ3v) is 6.74. The van der Waals surface area contributed by atoms with E-state index in [0.717, 1.165) is 18.3 Å². The van der Waals surface area contributed by atoms with Crippen molar-refractivity contribution < 1.29 is 9.90 Å². The molecule has 0 spiro atoms. The minimum atomic E-state index is -1.12. The van der Waals surface area contributed by atoms with Crippen LogP contribution < -0.4 is 5.32 Å². The van der Waals surface area contributed by atoms with Gasteiger partial charge in [-0.15, -0.1) is 0 Å². The highest BCUT2D eigenvalue weighted by atomic mass is 32.2. The van der Waals surface area contributed by atoms with Crippen molar-refractivity contribution in [2.75, 3.05) is 24.6 Å². The van der Waals surface area contributed by atoms with Crippen molar-refractivity contribution in [3.63, 3.8) is 0 Å². The van der Waals surface area contributed by atoms with E-state index in [-0.39, 0.29) is 11.9 Å². The van der Waals surface area contributed by atoms with E-state index < -0.39 is 5.60 Å². The standard InChI is InChI=1S/C16H28N2O2S/c1-12(17-15(19)16(20)7-9-21-11-16)13-4-3-8-18(10-13)14-5-2-6-14/h12-14,20H,2-11H2,1H3,(H,17,19). The van der Waals surface area contributed by atoms with Crippen LogP contribution in [0.1, 0.15) is 45.4 Å². The lowest BCUT2D eigenvalue weighted by Crippen LogP contribution is -2.55. The van der Waals surface area contributed by atoms with Crippen molar-refractivity contribution >= 4 is 17.7 Å². The zero-order chi connectivity index (χ0) is 14.9. The quantitative estimate of drug-likeness (QED) is 0.828. The minimum Gasteiger partial charge on any atom is -0.379 e. The molecule has 2 aliphatic heterocycles. The van der Waals surface area contributed by atoms with Crippen molar-refractivity contribution in [2.45, 2.75) is 63.1 Å². The van der Waals surface area contributed by atoms with Crippen LogP contribution in [0.2, 0.25) is 0 Å². The van der Waals surface area contributed by atoms with Crippen LogP contribution in [0.3, 0.4) is 0 Å². The predicted octanol–water partition coefficient (Wildman–Crippen LogP) is 1.62. The maximum Gasteiger partial charge on any atom is 0.253 e. The van der Waals surface area contributed by atoms with Crippen LogP contribution in [0, 0.1) is 5.92 Å². The van der Waals surface area contributed by atoms with Crippen molar-refractivity contribution in [2.24, 2.45) is 5.92 Å². The van der Waals surface area contributed by atoms with Gasteiger partial charge in [0.15, 0.2) is 5.60 Å². The zero-order valence-electron chi connectivity index (χ0n) is 13.0. The van der Waals surface area contributed by atoms with Crippen LogP contribution >= 0.6 is 11.8 Å². The van der Waals surface area contributed by atoms with E-state index in [1.807, 2.05) is 0 Å². The summed E-state index contributed by atoms with van der Waals surface area (Å²) in [5.74, 6) is 1.81. The maximum atomic E-state index is 12.3. The smallest absolute Gasteiger partial charge is 0.253 e. The second kappa shape index (κ2) is 6.47. The normalized spacial score (nSPS) is 36.2. The van der Waals surface area contributed by atoms with Crippen molar-refractivity contribution in [3.05, 3.63) is 0 Å². The minimum absolute atomic E-state index is 0.152. The van der Waals surface area contributed by atoms with Gasteiger partial charge in [0.1, 0.15) is 0 Å². The summed E-state index contributed by atoms with van der Waals surface area (Å²) < 4.78 is 0. The number of carbonyl (C=O) groups excluding carboxylic acids is 1. The molecule has 0 aromatic carbocycles. The first-order chi connectivity index (χ1) is 10.1. The number of aliphatic hydroxyl groups is 1. The molecule has 4 nitrogen and oxygen atoms in total. The van der Waals surface area contributed by atoms with E-state index in [4.69, 9.17) is 0 Å². The summed E-state index contributed by atoms with van der Waals surface area (Å²) in [5, 5.41) is 13.4. The van der Waals surface area contributed by atoms with Gasteiger partial charge in [-0.05, 0) is 57.2 Å². The topological polar surface area (TPSA) is 52.6 Å². The first kappa shape index (κ1) is 15.6. The largest absolute Gasteiger partial charge is 0.379 e. The van der Waals surface area contributed by atoms with E-state index in [9.17, 15) is 9.90 Å². The van der Waals surface area contributed by atoms with E-state index in [1.165, 1.54) is 38.6 Å². The average molecular weight is 312 g/mol. The molecule has 3 rings (SSSR count). The number of hydrogen-bond acceptors (Lipinski definition) is 4. The number of piperidine rings is 1. The lowest BCUT2D eigenvalue weighted by Gasteiger charge is -2.44. The fraction of sp³-hybridized carbons (Fsp3) is 0.938. The molecule has 0 aromatic heterocycles. The Bertz CT molecular complexity index is 380. The van der Waals surface area contributed by atoms with Gasteiger partial charge in [-0.25, -0.2) is 0 Å². The molecule has 0 bridgehead atoms. The predicted molar refractivity (Wildman–Crippen MR) is 86.4 cm³/mol. The van der Waals surface area contributed by atoms with E-state index in [0.29, 0.717) is 18.1 Å². The number of nitrogens with zero attached hydrogens (tertiary/aromatic N) is 1. The lowest BCUT2D eigenvalue weighted by molar-refractivity contribution is -0.138. The highest BCUT2D eigenvalue weighted by molar-refractivity contribution is 7.99. The molecule has 1 saturated carbocycles. The molecule has 2 N–H and O–H groups in total. The average Bonchev–Trinajstić information content (AvgIpc) is 2.85. The van der Waals surface area contributed by atoms with Crippen LogP contribution in [0.25, 0.3) is 0 Å². The summed E-state index contributed by atoms with van der Waals surface area (Å²) in [4.78, 5) is 14.9.